The monoisotopic (exact) mass is 178 g/mol. The standard InChI is InChI=1S/C11H18N2/c1-9(2)4-3-5-13-8-10-6-11(13)7-12-10/h9-12H,5-8H2,1-2H3. The maximum absolute atomic E-state index is 3.50. The van der Waals surface area contributed by atoms with Crippen LogP contribution in [0.2, 0.25) is 0 Å². The molecule has 0 saturated carbocycles. The Hall–Kier alpha value is -0.520. The Bertz CT molecular complexity index is 236. The van der Waals surface area contributed by atoms with E-state index in [1.54, 1.807) is 0 Å². The van der Waals surface area contributed by atoms with Crippen molar-refractivity contribution in [3.05, 3.63) is 0 Å². The van der Waals surface area contributed by atoms with Gasteiger partial charge in [0.15, 0.2) is 0 Å². The molecule has 0 amide bonds. The lowest BCUT2D eigenvalue weighted by Gasteiger charge is -2.24. The highest BCUT2D eigenvalue weighted by molar-refractivity contribution is 5.07. The van der Waals surface area contributed by atoms with Crippen LogP contribution >= 0.6 is 0 Å². The molecule has 2 bridgehead atoms. The third-order valence-electron chi connectivity index (χ3n) is 2.84. The van der Waals surface area contributed by atoms with Crippen LogP contribution in [0.15, 0.2) is 0 Å². The number of nitrogens with zero attached hydrogens (tertiary/aromatic N) is 1. The van der Waals surface area contributed by atoms with Crippen LogP contribution < -0.4 is 5.32 Å². The Kier molecular flexibility index (Phi) is 2.57. The molecule has 2 nitrogen and oxygen atoms in total. The predicted octanol–water partition coefficient (Wildman–Crippen LogP) is 0.692. The van der Waals surface area contributed by atoms with E-state index in [9.17, 15) is 0 Å². The summed E-state index contributed by atoms with van der Waals surface area (Å²) in [5, 5.41) is 3.50. The van der Waals surface area contributed by atoms with Crippen molar-refractivity contribution in [2.24, 2.45) is 5.92 Å². The van der Waals surface area contributed by atoms with Gasteiger partial charge in [-0.05, 0) is 6.42 Å². The second-order valence-electron chi connectivity index (χ2n) is 4.40. The fraction of sp³-hybridized carbons (Fsp3) is 0.818. The first-order chi connectivity index (χ1) is 6.25. The van der Waals surface area contributed by atoms with E-state index in [0.29, 0.717) is 5.92 Å². The summed E-state index contributed by atoms with van der Waals surface area (Å²) in [5.41, 5.74) is 0. The number of rotatable bonds is 1. The summed E-state index contributed by atoms with van der Waals surface area (Å²) in [5.74, 6) is 6.99. The Morgan fingerprint density at radius 2 is 2.38 bits per heavy atom. The molecule has 0 aromatic rings. The molecule has 0 aliphatic carbocycles. The first-order valence-corrected chi connectivity index (χ1v) is 5.21. The fourth-order valence-corrected chi connectivity index (χ4v) is 2.19. The van der Waals surface area contributed by atoms with Crippen LogP contribution in [0.4, 0.5) is 0 Å². The Balaban J connectivity index is 1.81. The topological polar surface area (TPSA) is 15.3 Å². The number of piperazine rings is 1. The van der Waals surface area contributed by atoms with Crippen LogP contribution in [0.3, 0.4) is 0 Å². The maximum atomic E-state index is 3.50. The summed E-state index contributed by atoms with van der Waals surface area (Å²) in [6.45, 7) is 7.64. The maximum Gasteiger partial charge on any atom is 0.0605 e. The fourth-order valence-electron chi connectivity index (χ4n) is 2.19. The average molecular weight is 178 g/mol. The minimum absolute atomic E-state index is 0.512. The molecule has 0 aromatic carbocycles. The van der Waals surface area contributed by atoms with Crippen molar-refractivity contribution in [2.75, 3.05) is 19.6 Å². The number of nitrogens with one attached hydrogen (secondary N) is 1. The lowest BCUT2D eigenvalue weighted by molar-refractivity contribution is 0.253. The van der Waals surface area contributed by atoms with E-state index in [1.165, 1.54) is 19.5 Å². The third kappa shape index (κ3) is 2.04. The van der Waals surface area contributed by atoms with Crippen molar-refractivity contribution in [3.63, 3.8) is 0 Å². The highest BCUT2D eigenvalue weighted by Crippen LogP contribution is 2.22. The van der Waals surface area contributed by atoms with Gasteiger partial charge in [0.1, 0.15) is 0 Å². The van der Waals surface area contributed by atoms with Crippen molar-refractivity contribution in [1.82, 2.24) is 10.2 Å². The zero-order valence-corrected chi connectivity index (χ0v) is 8.51. The molecular formula is C11H18N2. The Morgan fingerprint density at radius 3 is 2.92 bits per heavy atom. The summed E-state index contributed by atoms with van der Waals surface area (Å²) >= 11 is 0. The van der Waals surface area contributed by atoms with Gasteiger partial charge >= 0.3 is 0 Å². The minimum atomic E-state index is 0.512. The quantitative estimate of drug-likeness (QED) is 0.594. The Morgan fingerprint density at radius 1 is 1.54 bits per heavy atom. The van der Waals surface area contributed by atoms with Crippen molar-refractivity contribution >= 4 is 0 Å². The van der Waals surface area contributed by atoms with E-state index in [4.69, 9.17) is 0 Å². The van der Waals surface area contributed by atoms with Crippen LogP contribution in [0.1, 0.15) is 20.3 Å². The largest absolute Gasteiger partial charge is 0.311 e. The minimum Gasteiger partial charge on any atom is -0.311 e. The van der Waals surface area contributed by atoms with E-state index in [1.807, 2.05) is 0 Å². The van der Waals surface area contributed by atoms with Gasteiger partial charge in [-0.2, -0.15) is 0 Å². The van der Waals surface area contributed by atoms with Gasteiger partial charge in [0.2, 0.25) is 0 Å². The van der Waals surface area contributed by atoms with Gasteiger partial charge < -0.3 is 5.32 Å². The second-order valence-corrected chi connectivity index (χ2v) is 4.40. The summed E-state index contributed by atoms with van der Waals surface area (Å²) in [7, 11) is 0. The van der Waals surface area contributed by atoms with Gasteiger partial charge in [0.05, 0.1) is 6.54 Å². The molecule has 0 spiro atoms. The summed E-state index contributed by atoms with van der Waals surface area (Å²) in [4.78, 5) is 2.51. The molecule has 72 valence electrons. The zero-order chi connectivity index (χ0) is 9.26. The molecule has 2 aliphatic heterocycles. The van der Waals surface area contributed by atoms with E-state index in [-0.39, 0.29) is 0 Å². The molecule has 2 aliphatic rings. The van der Waals surface area contributed by atoms with E-state index in [0.717, 1.165) is 18.6 Å². The number of hydrogen-bond donors (Lipinski definition) is 1. The van der Waals surface area contributed by atoms with Crippen LogP contribution in [-0.4, -0.2) is 36.6 Å². The van der Waals surface area contributed by atoms with E-state index >= 15 is 0 Å². The smallest absolute Gasteiger partial charge is 0.0605 e. The molecule has 2 heterocycles. The molecule has 2 heteroatoms. The molecule has 0 aromatic heterocycles. The molecule has 2 atom stereocenters. The van der Waals surface area contributed by atoms with Gasteiger partial charge in [0, 0.05) is 31.1 Å². The molecule has 13 heavy (non-hydrogen) atoms. The first-order valence-electron chi connectivity index (χ1n) is 5.21. The van der Waals surface area contributed by atoms with Crippen molar-refractivity contribution in [1.29, 1.82) is 0 Å². The molecule has 0 radical (unpaired) electrons. The molecule has 1 N–H and O–H groups in total. The predicted molar refractivity (Wildman–Crippen MR) is 54.4 cm³/mol. The second kappa shape index (κ2) is 3.69. The van der Waals surface area contributed by atoms with E-state index < -0.39 is 0 Å². The molecular weight excluding hydrogens is 160 g/mol. The van der Waals surface area contributed by atoms with Gasteiger partial charge in [-0.3, -0.25) is 4.90 Å². The number of fused-ring (bicyclic) bond motifs is 2. The lowest BCUT2D eigenvalue weighted by atomic mass is 10.2. The molecule has 2 saturated heterocycles. The van der Waals surface area contributed by atoms with Crippen molar-refractivity contribution < 1.29 is 0 Å². The number of hydrogen-bond acceptors (Lipinski definition) is 2. The third-order valence-corrected chi connectivity index (χ3v) is 2.84. The van der Waals surface area contributed by atoms with Crippen LogP contribution in [0.5, 0.6) is 0 Å². The Labute approximate surface area is 80.7 Å². The first kappa shape index (κ1) is 9.05. The molecule has 2 rings (SSSR count). The molecule has 2 unspecified atom stereocenters. The lowest BCUT2D eigenvalue weighted by Crippen LogP contribution is -2.43. The van der Waals surface area contributed by atoms with Gasteiger partial charge in [-0.25, -0.2) is 0 Å². The van der Waals surface area contributed by atoms with Crippen LogP contribution in [0.25, 0.3) is 0 Å². The van der Waals surface area contributed by atoms with Gasteiger partial charge in [-0.15, -0.1) is 0 Å². The number of likely N-dealkylation sites (tertiary alicyclic amines) is 1. The van der Waals surface area contributed by atoms with Crippen LogP contribution in [-0.2, 0) is 0 Å². The summed E-state index contributed by atoms with van der Waals surface area (Å²) in [6, 6.07) is 1.53. The van der Waals surface area contributed by atoms with E-state index in [2.05, 4.69) is 35.9 Å². The van der Waals surface area contributed by atoms with Crippen molar-refractivity contribution in [3.8, 4) is 11.8 Å². The highest BCUT2D eigenvalue weighted by atomic mass is 15.3. The average Bonchev–Trinajstić information content (AvgIpc) is 2.64. The van der Waals surface area contributed by atoms with Gasteiger partial charge in [0.25, 0.3) is 0 Å². The van der Waals surface area contributed by atoms with Crippen molar-refractivity contribution in [2.45, 2.75) is 32.4 Å². The molecule has 2 fully saturated rings. The highest BCUT2D eigenvalue weighted by Gasteiger charge is 2.36. The van der Waals surface area contributed by atoms with Crippen LogP contribution in [0, 0.1) is 17.8 Å². The summed E-state index contributed by atoms with van der Waals surface area (Å²) in [6.07, 6.45) is 1.34. The SMILES string of the molecule is CC(C)C#CCN1CC2CC1CN2. The summed E-state index contributed by atoms with van der Waals surface area (Å²) < 4.78 is 0. The normalized spacial score (nSPS) is 32.2. The van der Waals surface area contributed by atoms with Gasteiger partial charge in [-0.1, -0.05) is 25.7 Å². The zero-order valence-electron chi connectivity index (χ0n) is 8.51.